The Kier molecular flexibility index (Phi) is 2.98. The average molecular weight is 225 g/mol. The van der Waals surface area contributed by atoms with E-state index in [4.69, 9.17) is 0 Å². The lowest BCUT2D eigenvalue weighted by Crippen LogP contribution is -2.37. The number of hydrogen-bond acceptors (Lipinski definition) is 4. The Morgan fingerprint density at radius 1 is 1.60 bits per heavy atom. The van der Waals surface area contributed by atoms with Crippen molar-refractivity contribution in [2.75, 3.05) is 18.5 Å². The molecule has 0 saturated carbocycles. The summed E-state index contributed by atoms with van der Waals surface area (Å²) in [4.78, 5) is 8.27. The van der Waals surface area contributed by atoms with E-state index in [1.165, 1.54) is 22.9 Å². The standard InChI is InChI=1S/C11H19N3S/c1-11(2)5-4-6-14(11)10-13-8-9(15-10)7-12-3/h8,12H,4-7H2,1-3H3. The van der Waals surface area contributed by atoms with Gasteiger partial charge in [-0.15, -0.1) is 11.3 Å². The summed E-state index contributed by atoms with van der Waals surface area (Å²) in [5.41, 5.74) is 0.286. The number of rotatable bonds is 3. The van der Waals surface area contributed by atoms with E-state index in [-0.39, 0.29) is 5.54 Å². The Labute approximate surface area is 95.5 Å². The molecule has 0 radical (unpaired) electrons. The molecule has 1 aromatic heterocycles. The molecule has 1 aliphatic rings. The first-order valence-corrected chi connectivity index (χ1v) is 6.32. The van der Waals surface area contributed by atoms with Crippen molar-refractivity contribution in [1.82, 2.24) is 10.3 Å². The fourth-order valence-electron chi connectivity index (χ4n) is 2.14. The molecule has 1 aromatic rings. The van der Waals surface area contributed by atoms with Gasteiger partial charge in [-0.3, -0.25) is 0 Å². The van der Waals surface area contributed by atoms with Crippen LogP contribution in [0.25, 0.3) is 0 Å². The minimum Gasteiger partial charge on any atom is -0.343 e. The number of nitrogens with one attached hydrogen (secondary N) is 1. The summed E-state index contributed by atoms with van der Waals surface area (Å²) in [7, 11) is 1.97. The van der Waals surface area contributed by atoms with Crippen molar-refractivity contribution in [3.63, 3.8) is 0 Å². The molecule has 1 N–H and O–H groups in total. The maximum absolute atomic E-state index is 4.52. The van der Waals surface area contributed by atoms with Crippen LogP contribution in [0.4, 0.5) is 5.13 Å². The molecule has 4 heteroatoms. The Balaban J connectivity index is 2.15. The van der Waals surface area contributed by atoms with E-state index in [0.29, 0.717) is 0 Å². The van der Waals surface area contributed by atoms with Gasteiger partial charge >= 0.3 is 0 Å². The molecule has 0 spiro atoms. The van der Waals surface area contributed by atoms with Crippen molar-refractivity contribution in [1.29, 1.82) is 0 Å². The fourth-order valence-corrected chi connectivity index (χ4v) is 3.25. The molecule has 1 aliphatic heterocycles. The lowest BCUT2D eigenvalue weighted by Gasteiger charge is -2.31. The van der Waals surface area contributed by atoms with E-state index in [1.807, 2.05) is 24.6 Å². The van der Waals surface area contributed by atoms with E-state index < -0.39 is 0 Å². The van der Waals surface area contributed by atoms with Crippen molar-refractivity contribution in [3.8, 4) is 0 Å². The van der Waals surface area contributed by atoms with Gasteiger partial charge in [0.15, 0.2) is 5.13 Å². The second-order valence-electron chi connectivity index (χ2n) is 4.71. The first-order chi connectivity index (χ1) is 7.13. The molecule has 0 aromatic carbocycles. The minimum atomic E-state index is 0.286. The molecule has 15 heavy (non-hydrogen) atoms. The van der Waals surface area contributed by atoms with Crippen molar-refractivity contribution in [2.24, 2.45) is 0 Å². The zero-order valence-electron chi connectivity index (χ0n) is 9.71. The summed E-state index contributed by atoms with van der Waals surface area (Å²) in [5.74, 6) is 0. The van der Waals surface area contributed by atoms with Crippen molar-refractivity contribution >= 4 is 16.5 Å². The first kappa shape index (κ1) is 10.9. The van der Waals surface area contributed by atoms with E-state index in [0.717, 1.165) is 13.1 Å². The smallest absolute Gasteiger partial charge is 0.185 e. The third kappa shape index (κ3) is 2.16. The van der Waals surface area contributed by atoms with E-state index in [2.05, 4.69) is 29.0 Å². The van der Waals surface area contributed by atoms with Crippen molar-refractivity contribution < 1.29 is 0 Å². The minimum absolute atomic E-state index is 0.286. The molecule has 0 atom stereocenters. The summed E-state index contributed by atoms with van der Waals surface area (Å²) in [5, 5.41) is 4.34. The average Bonchev–Trinajstić information content (AvgIpc) is 2.72. The van der Waals surface area contributed by atoms with Crippen molar-refractivity contribution in [3.05, 3.63) is 11.1 Å². The fraction of sp³-hybridized carbons (Fsp3) is 0.727. The van der Waals surface area contributed by atoms with Gasteiger partial charge in [-0.1, -0.05) is 0 Å². The predicted molar refractivity (Wildman–Crippen MR) is 65.5 cm³/mol. The van der Waals surface area contributed by atoms with E-state index in [9.17, 15) is 0 Å². The largest absolute Gasteiger partial charge is 0.343 e. The summed E-state index contributed by atoms with van der Waals surface area (Å²) in [6.45, 7) is 6.68. The zero-order valence-corrected chi connectivity index (χ0v) is 10.5. The maximum atomic E-state index is 4.52. The first-order valence-electron chi connectivity index (χ1n) is 5.50. The lowest BCUT2D eigenvalue weighted by atomic mass is 10.0. The lowest BCUT2D eigenvalue weighted by molar-refractivity contribution is 0.517. The summed E-state index contributed by atoms with van der Waals surface area (Å²) >= 11 is 1.81. The van der Waals surface area contributed by atoms with Gasteiger partial charge in [0.25, 0.3) is 0 Å². The number of hydrogen-bond donors (Lipinski definition) is 1. The topological polar surface area (TPSA) is 28.2 Å². The second-order valence-corrected chi connectivity index (χ2v) is 5.80. The Morgan fingerprint density at radius 2 is 2.40 bits per heavy atom. The molecular weight excluding hydrogens is 206 g/mol. The quantitative estimate of drug-likeness (QED) is 0.855. The van der Waals surface area contributed by atoms with Crippen LogP contribution in [-0.2, 0) is 6.54 Å². The highest BCUT2D eigenvalue weighted by Gasteiger charge is 2.33. The summed E-state index contributed by atoms with van der Waals surface area (Å²) < 4.78 is 0. The Hall–Kier alpha value is -0.610. The van der Waals surface area contributed by atoms with E-state index in [1.54, 1.807) is 0 Å². The highest BCUT2D eigenvalue weighted by molar-refractivity contribution is 7.15. The van der Waals surface area contributed by atoms with Crippen LogP contribution in [0.5, 0.6) is 0 Å². The molecular formula is C11H19N3S. The molecule has 0 bridgehead atoms. The molecule has 0 unspecified atom stereocenters. The van der Waals surface area contributed by atoms with Crippen LogP contribution < -0.4 is 10.2 Å². The van der Waals surface area contributed by atoms with Crippen LogP contribution in [-0.4, -0.2) is 24.1 Å². The van der Waals surface area contributed by atoms with Gasteiger partial charge in [0, 0.05) is 29.7 Å². The molecule has 84 valence electrons. The van der Waals surface area contributed by atoms with Gasteiger partial charge < -0.3 is 10.2 Å². The van der Waals surface area contributed by atoms with Gasteiger partial charge in [0.05, 0.1) is 0 Å². The van der Waals surface area contributed by atoms with Gasteiger partial charge in [-0.2, -0.15) is 0 Å². The van der Waals surface area contributed by atoms with Crippen LogP contribution in [0, 0.1) is 0 Å². The van der Waals surface area contributed by atoms with Crippen LogP contribution in [0.1, 0.15) is 31.6 Å². The van der Waals surface area contributed by atoms with Crippen LogP contribution in [0.2, 0.25) is 0 Å². The number of thiazole rings is 1. The zero-order chi connectivity index (χ0) is 10.9. The molecule has 2 rings (SSSR count). The molecule has 1 fully saturated rings. The Morgan fingerprint density at radius 3 is 3.00 bits per heavy atom. The molecule has 0 amide bonds. The number of anilines is 1. The van der Waals surface area contributed by atoms with E-state index >= 15 is 0 Å². The van der Waals surface area contributed by atoms with Crippen molar-refractivity contribution in [2.45, 2.75) is 38.8 Å². The third-order valence-electron chi connectivity index (χ3n) is 3.02. The third-order valence-corrected chi connectivity index (χ3v) is 4.04. The van der Waals surface area contributed by atoms with Gasteiger partial charge in [-0.05, 0) is 33.7 Å². The van der Waals surface area contributed by atoms with Gasteiger partial charge in [0.2, 0.25) is 0 Å². The van der Waals surface area contributed by atoms with Gasteiger partial charge in [-0.25, -0.2) is 4.98 Å². The number of aromatic nitrogens is 1. The van der Waals surface area contributed by atoms with Crippen LogP contribution in [0.15, 0.2) is 6.20 Å². The predicted octanol–water partition coefficient (Wildman–Crippen LogP) is 2.24. The second kappa shape index (κ2) is 4.10. The van der Waals surface area contributed by atoms with Crippen LogP contribution >= 0.6 is 11.3 Å². The number of nitrogens with zero attached hydrogens (tertiary/aromatic N) is 2. The monoisotopic (exact) mass is 225 g/mol. The summed E-state index contributed by atoms with van der Waals surface area (Å²) in [6.07, 6.45) is 4.55. The SMILES string of the molecule is CNCc1cnc(N2CCCC2(C)C)s1. The molecule has 2 heterocycles. The Bertz CT molecular complexity index is 332. The highest BCUT2D eigenvalue weighted by atomic mass is 32.1. The maximum Gasteiger partial charge on any atom is 0.185 e. The summed E-state index contributed by atoms with van der Waals surface area (Å²) in [6, 6.07) is 0. The highest BCUT2D eigenvalue weighted by Crippen LogP contribution is 2.35. The molecule has 1 saturated heterocycles. The van der Waals surface area contributed by atoms with Crippen LogP contribution in [0.3, 0.4) is 0 Å². The van der Waals surface area contributed by atoms with Gasteiger partial charge in [0.1, 0.15) is 0 Å². The molecule has 3 nitrogen and oxygen atoms in total. The normalized spacial score (nSPS) is 19.8. The molecule has 0 aliphatic carbocycles.